The van der Waals surface area contributed by atoms with E-state index in [1.54, 1.807) is 11.3 Å². The molecule has 0 N–H and O–H groups in total. The highest BCUT2D eigenvalue weighted by Gasteiger charge is 2.11. The maximum Gasteiger partial charge on any atom is 0.172 e. The predicted molar refractivity (Wildman–Crippen MR) is 74.9 cm³/mol. The van der Waals surface area contributed by atoms with Crippen molar-refractivity contribution >= 4 is 17.1 Å². The monoisotopic (exact) mass is 253 g/mol. The molecule has 1 aromatic rings. The van der Waals surface area contributed by atoms with E-state index in [0.29, 0.717) is 12.5 Å². The molecule has 0 spiro atoms. The number of carbonyl (C=O) groups is 1. The highest BCUT2D eigenvalue weighted by atomic mass is 32.1. The van der Waals surface area contributed by atoms with Crippen LogP contribution in [0.15, 0.2) is 17.5 Å². The average Bonchev–Trinajstić information content (AvgIpc) is 2.84. The fourth-order valence-corrected chi connectivity index (χ4v) is 2.84. The van der Waals surface area contributed by atoms with Gasteiger partial charge >= 0.3 is 0 Å². The molecule has 0 radical (unpaired) electrons. The van der Waals surface area contributed by atoms with Gasteiger partial charge in [-0.25, -0.2) is 0 Å². The summed E-state index contributed by atoms with van der Waals surface area (Å²) in [5.41, 5.74) is 0. The van der Waals surface area contributed by atoms with E-state index in [9.17, 15) is 4.79 Å². The molecule has 2 nitrogen and oxygen atoms in total. The molecule has 3 heteroatoms. The van der Waals surface area contributed by atoms with Gasteiger partial charge in [0.15, 0.2) is 5.78 Å². The van der Waals surface area contributed by atoms with Gasteiger partial charge in [-0.3, -0.25) is 4.79 Å². The zero-order chi connectivity index (χ0) is 12.7. The number of hydrogen-bond acceptors (Lipinski definition) is 3. The summed E-state index contributed by atoms with van der Waals surface area (Å²) in [5.74, 6) is 0.290. The summed E-state index contributed by atoms with van der Waals surface area (Å²) in [6.07, 6.45) is 4.01. The van der Waals surface area contributed by atoms with Gasteiger partial charge < -0.3 is 4.90 Å². The molecule has 0 saturated heterocycles. The van der Waals surface area contributed by atoms with Gasteiger partial charge in [0, 0.05) is 12.5 Å². The molecule has 0 unspecified atom stereocenters. The van der Waals surface area contributed by atoms with Crippen molar-refractivity contribution in [3.05, 3.63) is 22.4 Å². The SMILES string of the molecule is CCC(CC)N(C)CCCC(=O)c1cccs1. The third-order valence-electron chi connectivity index (χ3n) is 3.28. The van der Waals surface area contributed by atoms with E-state index < -0.39 is 0 Å². The molecule has 0 bridgehead atoms. The van der Waals surface area contributed by atoms with E-state index in [4.69, 9.17) is 0 Å². The summed E-state index contributed by atoms with van der Waals surface area (Å²) in [7, 11) is 2.16. The van der Waals surface area contributed by atoms with Gasteiger partial charge in [-0.05, 0) is 44.3 Å². The zero-order valence-electron chi connectivity index (χ0n) is 11.1. The van der Waals surface area contributed by atoms with E-state index >= 15 is 0 Å². The molecule has 0 amide bonds. The van der Waals surface area contributed by atoms with Crippen molar-refractivity contribution in [3.63, 3.8) is 0 Å². The largest absolute Gasteiger partial charge is 0.303 e. The Balaban J connectivity index is 2.26. The third kappa shape index (κ3) is 4.60. The zero-order valence-corrected chi connectivity index (χ0v) is 11.9. The number of Topliss-reactive ketones (excluding diaryl/α,β-unsaturated/α-hetero) is 1. The Labute approximate surface area is 109 Å². The fourth-order valence-electron chi connectivity index (χ4n) is 2.14. The van der Waals surface area contributed by atoms with Crippen LogP contribution in [0.5, 0.6) is 0 Å². The van der Waals surface area contributed by atoms with Crippen molar-refractivity contribution in [1.29, 1.82) is 0 Å². The van der Waals surface area contributed by atoms with Gasteiger partial charge in [-0.15, -0.1) is 11.3 Å². The number of nitrogens with zero attached hydrogens (tertiary/aromatic N) is 1. The number of hydrogen-bond donors (Lipinski definition) is 0. The summed E-state index contributed by atoms with van der Waals surface area (Å²) in [5, 5.41) is 1.96. The third-order valence-corrected chi connectivity index (χ3v) is 4.19. The van der Waals surface area contributed by atoms with Crippen LogP contribution in [0.2, 0.25) is 0 Å². The van der Waals surface area contributed by atoms with E-state index in [2.05, 4.69) is 25.8 Å². The average molecular weight is 253 g/mol. The van der Waals surface area contributed by atoms with E-state index in [0.717, 1.165) is 17.8 Å². The molecule has 0 fully saturated rings. The first-order chi connectivity index (χ1) is 8.19. The Morgan fingerprint density at radius 3 is 2.65 bits per heavy atom. The highest BCUT2D eigenvalue weighted by molar-refractivity contribution is 7.12. The van der Waals surface area contributed by atoms with Crippen LogP contribution in [0.3, 0.4) is 0 Å². The number of carbonyl (C=O) groups excluding carboxylic acids is 1. The summed E-state index contributed by atoms with van der Waals surface area (Å²) in [6.45, 7) is 5.46. The molecule has 96 valence electrons. The number of ketones is 1. The minimum absolute atomic E-state index is 0.290. The predicted octanol–water partition coefficient (Wildman–Crippen LogP) is 3.83. The molecule has 0 aromatic carbocycles. The summed E-state index contributed by atoms with van der Waals surface area (Å²) in [6, 6.07) is 4.51. The molecule has 0 aliphatic rings. The first-order valence-electron chi connectivity index (χ1n) is 6.46. The van der Waals surface area contributed by atoms with E-state index in [1.165, 1.54) is 12.8 Å². The molecule has 0 aliphatic heterocycles. The van der Waals surface area contributed by atoms with Gasteiger partial charge in [0.1, 0.15) is 0 Å². The normalized spacial score (nSPS) is 11.4. The van der Waals surface area contributed by atoms with Crippen LogP contribution in [0.25, 0.3) is 0 Å². The molecule has 0 saturated carbocycles. The van der Waals surface area contributed by atoms with Crippen LogP contribution in [0, 0.1) is 0 Å². The van der Waals surface area contributed by atoms with Crippen molar-refractivity contribution in [2.24, 2.45) is 0 Å². The second kappa shape index (κ2) is 7.62. The smallest absolute Gasteiger partial charge is 0.172 e. The lowest BCUT2D eigenvalue weighted by Crippen LogP contribution is -2.31. The molecule has 1 aromatic heterocycles. The fraction of sp³-hybridized carbons (Fsp3) is 0.643. The van der Waals surface area contributed by atoms with Crippen LogP contribution in [0.4, 0.5) is 0 Å². The summed E-state index contributed by atoms with van der Waals surface area (Å²) in [4.78, 5) is 15.1. The molecular formula is C14H23NOS. The van der Waals surface area contributed by atoms with Crippen molar-refractivity contribution in [2.75, 3.05) is 13.6 Å². The lowest BCUT2D eigenvalue weighted by Gasteiger charge is -2.25. The quantitative estimate of drug-likeness (QED) is 0.656. The van der Waals surface area contributed by atoms with Crippen LogP contribution >= 0.6 is 11.3 Å². The summed E-state index contributed by atoms with van der Waals surface area (Å²) < 4.78 is 0. The lowest BCUT2D eigenvalue weighted by atomic mass is 10.1. The van der Waals surface area contributed by atoms with Crippen molar-refractivity contribution in [3.8, 4) is 0 Å². The van der Waals surface area contributed by atoms with Crippen LogP contribution in [0.1, 0.15) is 49.2 Å². The summed E-state index contributed by atoms with van der Waals surface area (Å²) >= 11 is 1.54. The number of thiophene rings is 1. The Hall–Kier alpha value is -0.670. The van der Waals surface area contributed by atoms with Gasteiger partial charge in [0.25, 0.3) is 0 Å². The highest BCUT2D eigenvalue weighted by Crippen LogP contribution is 2.13. The van der Waals surface area contributed by atoms with Gasteiger partial charge in [-0.2, -0.15) is 0 Å². The molecular weight excluding hydrogens is 230 g/mol. The first-order valence-corrected chi connectivity index (χ1v) is 7.33. The van der Waals surface area contributed by atoms with Gasteiger partial charge in [-0.1, -0.05) is 19.9 Å². The molecule has 17 heavy (non-hydrogen) atoms. The van der Waals surface area contributed by atoms with E-state index in [1.807, 2.05) is 17.5 Å². The Bertz CT molecular complexity index is 317. The second-order valence-corrected chi connectivity index (χ2v) is 5.40. The first kappa shape index (κ1) is 14.4. The van der Waals surface area contributed by atoms with Gasteiger partial charge in [0.05, 0.1) is 4.88 Å². The lowest BCUT2D eigenvalue weighted by molar-refractivity contribution is 0.0977. The minimum atomic E-state index is 0.290. The standard InChI is InChI=1S/C14H23NOS/c1-4-12(5-2)15(3)10-6-8-13(16)14-9-7-11-17-14/h7,9,11-12H,4-6,8,10H2,1-3H3. The van der Waals surface area contributed by atoms with Crippen LogP contribution in [-0.2, 0) is 0 Å². The Morgan fingerprint density at radius 1 is 1.41 bits per heavy atom. The topological polar surface area (TPSA) is 20.3 Å². The van der Waals surface area contributed by atoms with Crippen molar-refractivity contribution < 1.29 is 4.79 Å². The molecule has 1 heterocycles. The van der Waals surface area contributed by atoms with Crippen LogP contribution < -0.4 is 0 Å². The van der Waals surface area contributed by atoms with Crippen LogP contribution in [-0.4, -0.2) is 30.3 Å². The van der Waals surface area contributed by atoms with Crippen molar-refractivity contribution in [2.45, 2.75) is 45.6 Å². The molecule has 0 atom stereocenters. The van der Waals surface area contributed by atoms with Gasteiger partial charge in [0.2, 0.25) is 0 Å². The maximum absolute atomic E-state index is 11.8. The Morgan fingerprint density at radius 2 is 2.12 bits per heavy atom. The maximum atomic E-state index is 11.8. The number of rotatable bonds is 8. The second-order valence-electron chi connectivity index (χ2n) is 4.45. The minimum Gasteiger partial charge on any atom is -0.303 e. The Kier molecular flexibility index (Phi) is 6.45. The molecule has 1 rings (SSSR count). The van der Waals surface area contributed by atoms with E-state index in [-0.39, 0.29) is 5.78 Å². The molecule has 0 aliphatic carbocycles. The van der Waals surface area contributed by atoms with Crippen molar-refractivity contribution in [1.82, 2.24) is 4.90 Å².